The van der Waals surface area contributed by atoms with Crippen LogP contribution in [0.4, 0.5) is 5.69 Å². The van der Waals surface area contributed by atoms with Gasteiger partial charge in [-0.05, 0) is 49.2 Å². The van der Waals surface area contributed by atoms with Gasteiger partial charge in [0.05, 0.1) is 0 Å². The van der Waals surface area contributed by atoms with Gasteiger partial charge in [0.15, 0.2) is 5.65 Å². The number of carbonyl (C=O) groups excluding carboxylic acids is 1. The number of aromatic nitrogens is 3. The zero-order valence-electron chi connectivity index (χ0n) is 12.4. The summed E-state index contributed by atoms with van der Waals surface area (Å²) in [6, 6.07) is 10.9. The number of fused-ring (bicyclic) bond motifs is 1. The van der Waals surface area contributed by atoms with Gasteiger partial charge >= 0.3 is 5.69 Å². The Labute approximate surface area is 127 Å². The van der Waals surface area contributed by atoms with Crippen LogP contribution in [-0.2, 0) is 11.3 Å². The lowest BCUT2D eigenvalue weighted by atomic mass is 10.1. The predicted octanol–water partition coefficient (Wildman–Crippen LogP) is 1.75. The Kier molecular flexibility index (Phi) is 3.50. The first kappa shape index (κ1) is 14.1. The van der Waals surface area contributed by atoms with Gasteiger partial charge in [-0.2, -0.15) is 0 Å². The van der Waals surface area contributed by atoms with Gasteiger partial charge in [0.2, 0.25) is 5.91 Å². The molecule has 0 spiro atoms. The minimum Gasteiger partial charge on any atom is -0.324 e. The molecule has 0 saturated carbocycles. The van der Waals surface area contributed by atoms with Gasteiger partial charge in [0.25, 0.3) is 0 Å². The molecular formula is C16H16N4O2. The lowest BCUT2D eigenvalue weighted by Crippen LogP contribution is -2.28. The number of hydrogen-bond acceptors (Lipinski definition) is 3. The van der Waals surface area contributed by atoms with E-state index in [1.165, 1.54) is 4.40 Å². The molecular weight excluding hydrogens is 280 g/mol. The number of carbonyl (C=O) groups is 1. The van der Waals surface area contributed by atoms with Crippen LogP contribution in [0.2, 0.25) is 0 Å². The second-order valence-corrected chi connectivity index (χ2v) is 5.22. The van der Waals surface area contributed by atoms with Crippen LogP contribution in [0.3, 0.4) is 0 Å². The molecule has 0 atom stereocenters. The summed E-state index contributed by atoms with van der Waals surface area (Å²) in [5.41, 5.74) is 3.17. The number of rotatable bonds is 3. The van der Waals surface area contributed by atoms with E-state index >= 15 is 0 Å². The molecule has 0 radical (unpaired) electrons. The van der Waals surface area contributed by atoms with Gasteiger partial charge in [0, 0.05) is 11.9 Å². The molecule has 1 amide bonds. The van der Waals surface area contributed by atoms with E-state index in [1.54, 1.807) is 24.4 Å². The van der Waals surface area contributed by atoms with Gasteiger partial charge in [-0.25, -0.2) is 9.48 Å². The smallest absolute Gasteiger partial charge is 0.324 e. The summed E-state index contributed by atoms with van der Waals surface area (Å²) >= 11 is 0. The number of nitrogens with zero attached hydrogens (tertiary/aromatic N) is 3. The number of pyridine rings is 1. The van der Waals surface area contributed by atoms with E-state index in [9.17, 15) is 9.59 Å². The summed E-state index contributed by atoms with van der Waals surface area (Å²) in [5.74, 6) is -0.284. The minimum absolute atomic E-state index is 0.118. The number of nitrogens with one attached hydrogen (secondary N) is 1. The molecule has 0 aliphatic rings. The molecule has 0 saturated heterocycles. The van der Waals surface area contributed by atoms with E-state index in [-0.39, 0.29) is 18.1 Å². The van der Waals surface area contributed by atoms with Crippen LogP contribution in [0, 0.1) is 13.8 Å². The summed E-state index contributed by atoms with van der Waals surface area (Å²) in [7, 11) is 0. The Morgan fingerprint density at radius 3 is 2.73 bits per heavy atom. The molecule has 0 aliphatic heterocycles. The molecule has 0 fully saturated rings. The molecule has 1 N–H and O–H groups in total. The molecule has 3 aromatic rings. The fourth-order valence-corrected chi connectivity index (χ4v) is 2.23. The average molecular weight is 296 g/mol. The maximum absolute atomic E-state index is 12.1. The summed E-state index contributed by atoms with van der Waals surface area (Å²) < 4.78 is 2.56. The number of anilines is 1. The second kappa shape index (κ2) is 5.48. The monoisotopic (exact) mass is 296 g/mol. The quantitative estimate of drug-likeness (QED) is 0.800. The summed E-state index contributed by atoms with van der Waals surface area (Å²) in [4.78, 5) is 24.2. The van der Waals surface area contributed by atoms with E-state index < -0.39 is 0 Å². The Morgan fingerprint density at radius 2 is 2.00 bits per heavy atom. The Bertz CT molecular complexity index is 908. The Morgan fingerprint density at radius 1 is 1.18 bits per heavy atom. The third kappa shape index (κ3) is 2.63. The van der Waals surface area contributed by atoms with Gasteiger partial charge in [-0.1, -0.05) is 12.1 Å². The van der Waals surface area contributed by atoms with Crippen LogP contribution in [0.1, 0.15) is 11.1 Å². The standard InChI is InChI=1S/C16H16N4O2/c1-11-6-7-13(9-12(11)2)17-15(21)10-20-16(22)19-8-4-3-5-14(19)18-20/h3-9H,10H2,1-2H3,(H,17,21). The first-order valence-electron chi connectivity index (χ1n) is 6.96. The maximum atomic E-state index is 12.1. The SMILES string of the molecule is Cc1ccc(NC(=O)Cn2nc3ccccn3c2=O)cc1C. The average Bonchev–Trinajstić information content (AvgIpc) is 2.80. The van der Waals surface area contributed by atoms with E-state index in [0.717, 1.165) is 15.8 Å². The molecule has 2 aromatic heterocycles. The number of amides is 1. The van der Waals surface area contributed by atoms with Gasteiger partial charge in [0.1, 0.15) is 6.54 Å². The number of hydrogen-bond donors (Lipinski definition) is 1. The third-order valence-electron chi connectivity index (χ3n) is 3.57. The van der Waals surface area contributed by atoms with E-state index in [1.807, 2.05) is 32.0 Å². The van der Waals surface area contributed by atoms with Crippen LogP contribution < -0.4 is 11.0 Å². The maximum Gasteiger partial charge on any atom is 0.350 e. The first-order valence-corrected chi connectivity index (χ1v) is 6.96. The topological polar surface area (TPSA) is 68.4 Å². The number of benzene rings is 1. The van der Waals surface area contributed by atoms with Crippen molar-refractivity contribution in [2.75, 3.05) is 5.32 Å². The van der Waals surface area contributed by atoms with Crippen molar-refractivity contribution in [2.45, 2.75) is 20.4 Å². The molecule has 0 bridgehead atoms. The minimum atomic E-state index is -0.328. The van der Waals surface area contributed by atoms with Gasteiger partial charge in [-0.3, -0.25) is 9.20 Å². The Balaban J connectivity index is 1.79. The predicted molar refractivity (Wildman–Crippen MR) is 84.0 cm³/mol. The van der Waals surface area contributed by atoms with Crippen molar-refractivity contribution in [1.82, 2.24) is 14.2 Å². The molecule has 22 heavy (non-hydrogen) atoms. The fourth-order valence-electron chi connectivity index (χ4n) is 2.23. The molecule has 0 aliphatic carbocycles. The van der Waals surface area contributed by atoms with Crippen LogP contribution in [0.25, 0.3) is 5.65 Å². The van der Waals surface area contributed by atoms with Crippen molar-refractivity contribution in [3.8, 4) is 0 Å². The van der Waals surface area contributed by atoms with E-state index in [2.05, 4.69) is 10.4 Å². The second-order valence-electron chi connectivity index (χ2n) is 5.22. The highest BCUT2D eigenvalue weighted by molar-refractivity contribution is 5.90. The zero-order chi connectivity index (χ0) is 15.7. The van der Waals surface area contributed by atoms with Crippen LogP contribution >= 0.6 is 0 Å². The molecule has 0 unspecified atom stereocenters. The number of aryl methyl sites for hydroxylation is 2. The highest BCUT2D eigenvalue weighted by Crippen LogP contribution is 2.14. The summed E-state index contributed by atoms with van der Waals surface area (Å²) in [6.07, 6.45) is 1.63. The molecule has 1 aromatic carbocycles. The van der Waals surface area contributed by atoms with Crippen LogP contribution in [-0.4, -0.2) is 20.1 Å². The van der Waals surface area contributed by atoms with Crippen molar-refractivity contribution in [1.29, 1.82) is 0 Å². The molecule has 6 nitrogen and oxygen atoms in total. The largest absolute Gasteiger partial charge is 0.350 e. The summed E-state index contributed by atoms with van der Waals surface area (Å²) in [5, 5.41) is 6.91. The normalized spacial score (nSPS) is 10.8. The van der Waals surface area contributed by atoms with Gasteiger partial charge in [-0.15, -0.1) is 5.10 Å². The highest BCUT2D eigenvalue weighted by atomic mass is 16.2. The summed E-state index contributed by atoms with van der Waals surface area (Å²) in [6.45, 7) is 3.88. The molecule has 2 heterocycles. The first-order chi connectivity index (χ1) is 10.5. The van der Waals surface area contributed by atoms with Crippen molar-refractivity contribution >= 4 is 17.2 Å². The van der Waals surface area contributed by atoms with Crippen molar-refractivity contribution in [3.63, 3.8) is 0 Å². The van der Waals surface area contributed by atoms with Crippen LogP contribution in [0.15, 0.2) is 47.4 Å². The Hall–Kier alpha value is -2.89. The molecule has 112 valence electrons. The van der Waals surface area contributed by atoms with Crippen molar-refractivity contribution in [2.24, 2.45) is 0 Å². The third-order valence-corrected chi connectivity index (χ3v) is 3.57. The fraction of sp³-hybridized carbons (Fsp3) is 0.188. The van der Waals surface area contributed by atoms with E-state index in [0.29, 0.717) is 11.3 Å². The van der Waals surface area contributed by atoms with Crippen molar-refractivity contribution in [3.05, 3.63) is 64.2 Å². The van der Waals surface area contributed by atoms with Crippen molar-refractivity contribution < 1.29 is 4.79 Å². The van der Waals surface area contributed by atoms with Gasteiger partial charge < -0.3 is 5.32 Å². The van der Waals surface area contributed by atoms with E-state index in [4.69, 9.17) is 0 Å². The molecule has 3 rings (SSSR count). The highest BCUT2D eigenvalue weighted by Gasteiger charge is 2.10. The molecule has 6 heteroatoms. The zero-order valence-corrected chi connectivity index (χ0v) is 12.4. The lowest BCUT2D eigenvalue weighted by Gasteiger charge is -2.07. The van der Waals surface area contributed by atoms with Crippen LogP contribution in [0.5, 0.6) is 0 Å². The lowest BCUT2D eigenvalue weighted by molar-refractivity contribution is -0.117.